The van der Waals surface area contributed by atoms with Crippen molar-refractivity contribution >= 4 is 21.6 Å². The third kappa shape index (κ3) is 4.10. The van der Waals surface area contributed by atoms with E-state index in [0.29, 0.717) is 22.9 Å². The van der Waals surface area contributed by atoms with Gasteiger partial charge in [-0.05, 0) is 47.9 Å². The molecular formula is C22H20ClNO4S. The Kier molecular flexibility index (Phi) is 5.25. The fourth-order valence-electron chi connectivity index (χ4n) is 3.64. The zero-order chi connectivity index (χ0) is 20.6. The van der Waals surface area contributed by atoms with Gasteiger partial charge in [0.1, 0.15) is 17.6 Å². The summed E-state index contributed by atoms with van der Waals surface area (Å²) in [5, 5.41) is 5.85. The van der Waals surface area contributed by atoms with E-state index in [1.807, 2.05) is 55.5 Å². The highest BCUT2D eigenvalue weighted by molar-refractivity contribution is 7.88. The van der Waals surface area contributed by atoms with Crippen molar-refractivity contribution in [2.75, 3.05) is 6.61 Å². The van der Waals surface area contributed by atoms with Crippen LogP contribution in [0.1, 0.15) is 29.7 Å². The molecule has 0 spiro atoms. The Labute approximate surface area is 175 Å². The zero-order valence-electron chi connectivity index (χ0n) is 15.8. The molecule has 0 amide bonds. The van der Waals surface area contributed by atoms with Gasteiger partial charge in [0.05, 0.1) is 17.9 Å². The number of hydrogen-bond acceptors (Lipinski definition) is 4. The van der Waals surface area contributed by atoms with E-state index < -0.39 is 16.1 Å². The molecule has 1 unspecified atom stereocenters. The summed E-state index contributed by atoms with van der Waals surface area (Å²) in [6, 6.07) is 18.6. The molecule has 3 aromatic carbocycles. The molecule has 150 valence electrons. The molecule has 5 nitrogen and oxygen atoms in total. The predicted molar refractivity (Wildman–Crippen MR) is 114 cm³/mol. The van der Waals surface area contributed by atoms with Crippen molar-refractivity contribution in [1.29, 1.82) is 0 Å². The van der Waals surface area contributed by atoms with Gasteiger partial charge < -0.3 is 9.47 Å². The van der Waals surface area contributed by atoms with Crippen LogP contribution in [0.5, 0.6) is 11.5 Å². The Bertz CT molecular complexity index is 1180. The smallest absolute Gasteiger partial charge is 0.213 e. The number of hydrogen-bond donors (Lipinski definition) is 1. The first-order chi connectivity index (χ1) is 13.9. The van der Waals surface area contributed by atoms with E-state index in [9.17, 15) is 8.42 Å². The summed E-state index contributed by atoms with van der Waals surface area (Å²) in [6.45, 7) is 2.45. The van der Waals surface area contributed by atoms with Crippen molar-refractivity contribution in [3.05, 3.63) is 82.4 Å². The number of rotatable bonds is 5. The summed E-state index contributed by atoms with van der Waals surface area (Å²) < 4.78 is 35.4. The number of fused-ring (bicyclic) bond motifs is 3. The van der Waals surface area contributed by atoms with Crippen LogP contribution in [0.3, 0.4) is 0 Å². The Balaban J connectivity index is 1.92. The monoisotopic (exact) mass is 429 g/mol. The average molecular weight is 430 g/mol. The highest BCUT2D eigenvalue weighted by Crippen LogP contribution is 2.49. The van der Waals surface area contributed by atoms with Crippen molar-refractivity contribution in [3.8, 4) is 22.6 Å². The van der Waals surface area contributed by atoms with Gasteiger partial charge in [0.25, 0.3) is 0 Å². The summed E-state index contributed by atoms with van der Waals surface area (Å²) in [5.41, 5.74) is 4.09. The molecule has 4 rings (SSSR count). The molecule has 1 atom stereocenters. The molecule has 0 aliphatic carbocycles. The lowest BCUT2D eigenvalue weighted by molar-refractivity contribution is 0.241. The highest BCUT2D eigenvalue weighted by atomic mass is 35.5. The molecule has 29 heavy (non-hydrogen) atoms. The van der Waals surface area contributed by atoms with Crippen molar-refractivity contribution in [3.63, 3.8) is 0 Å². The molecule has 1 aliphatic rings. The van der Waals surface area contributed by atoms with Crippen LogP contribution in [0.25, 0.3) is 11.1 Å². The lowest BCUT2D eigenvalue weighted by atomic mass is 9.88. The number of sulfonamides is 1. The summed E-state index contributed by atoms with van der Waals surface area (Å²) >= 11 is 6.20. The summed E-state index contributed by atoms with van der Waals surface area (Å²) in [7, 11) is -3.66. The molecule has 0 bridgehead atoms. The van der Waals surface area contributed by atoms with Gasteiger partial charge >= 0.3 is 0 Å². The first kappa shape index (κ1) is 19.8. The maximum atomic E-state index is 11.6. The Morgan fingerprint density at radius 2 is 1.90 bits per heavy atom. The Morgan fingerprint density at radius 3 is 2.62 bits per heavy atom. The van der Waals surface area contributed by atoms with Crippen LogP contribution in [0, 0.1) is 0 Å². The van der Waals surface area contributed by atoms with Crippen LogP contribution >= 0.6 is 11.6 Å². The van der Waals surface area contributed by atoms with E-state index in [1.165, 1.54) is 0 Å². The quantitative estimate of drug-likeness (QED) is 0.638. The minimum absolute atomic E-state index is 0.248. The summed E-state index contributed by atoms with van der Waals surface area (Å²) in [4.78, 5) is 0. The van der Waals surface area contributed by atoms with Gasteiger partial charge in [0.15, 0.2) is 0 Å². The van der Waals surface area contributed by atoms with Crippen LogP contribution in [-0.2, 0) is 15.8 Å². The van der Waals surface area contributed by atoms with Crippen molar-refractivity contribution in [2.24, 2.45) is 5.14 Å². The predicted octanol–water partition coefficient (Wildman–Crippen LogP) is 4.68. The second kappa shape index (κ2) is 7.71. The summed E-state index contributed by atoms with van der Waals surface area (Å²) in [5.74, 6) is 1.17. The molecule has 1 heterocycles. The number of primary sulfonamides is 1. The standard InChI is InChI=1S/C22H20ClNO4S/c1-2-27-19-7-4-8-20-21(19)17-10-9-14(13-29(24,25)26)11-18(17)22(28-20)15-5-3-6-16(23)12-15/h3-12,22H,2,13H2,1H3,(H2,24,25,26). The van der Waals surface area contributed by atoms with Crippen LogP contribution in [0.15, 0.2) is 60.7 Å². The molecule has 0 saturated carbocycles. The van der Waals surface area contributed by atoms with Gasteiger partial charge in [-0.25, -0.2) is 13.6 Å². The lowest BCUT2D eigenvalue weighted by Crippen LogP contribution is -2.18. The number of ether oxygens (including phenoxy) is 2. The van der Waals surface area contributed by atoms with Gasteiger partial charge in [0, 0.05) is 10.6 Å². The summed E-state index contributed by atoms with van der Waals surface area (Å²) in [6.07, 6.45) is -0.437. The highest BCUT2D eigenvalue weighted by Gasteiger charge is 2.30. The molecule has 0 aromatic heterocycles. The van der Waals surface area contributed by atoms with E-state index in [0.717, 1.165) is 28.0 Å². The fourth-order valence-corrected chi connectivity index (χ4v) is 4.48. The maximum absolute atomic E-state index is 11.6. The van der Waals surface area contributed by atoms with Gasteiger partial charge in [-0.3, -0.25) is 0 Å². The Hall–Kier alpha value is -2.54. The van der Waals surface area contributed by atoms with E-state index in [1.54, 1.807) is 12.1 Å². The molecule has 0 saturated heterocycles. The normalized spacial score (nSPS) is 15.2. The largest absolute Gasteiger partial charge is 0.493 e. The van der Waals surface area contributed by atoms with Crippen LogP contribution in [-0.4, -0.2) is 15.0 Å². The fraction of sp³-hybridized carbons (Fsp3) is 0.182. The maximum Gasteiger partial charge on any atom is 0.213 e. The zero-order valence-corrected chi connectivity index (χ0v) is 17.3. The number of benzene rings is 3. The first-order valence-electron chi connectivity index (χ1n) is 9.17. The van der Waals surface area contributed by atoms with Crippen molar-refractivity contribution in [1.82, 2.24) is 0 Å². The molecule has 0 radical (unpaired) electrons. The first-order valence-corrected chi connectivity index (χ1v) is 11.3. The van der Waals surface area contributed by atoms with E-state index >= 15 is 0 Å². The van der Waals surface area contributed by atoms with E-state index in [4.69, 9.17) is 26.2 Å². The second-order valence-corrected chi connectivity index (χ2v) is 8.89. The molecule has 2 N–H and O–H groups in total. The number of halogens is 1. The molecule has 7 heteroatoms. The van der Waals surface area contributed by atoms with Crippen molar-refractivity contribution in [2.45, 2.75) is 18.8 Å². The lowest BCUT2D eigenvalue weighted by Gasteiger charge is -2.30. The van der Waals surface area contributed by atoms with Crippen LogP contribution in [0.4, 0.5) is 0 Å². The van der Waals surface area contributed by atoms with Gasteiger partial charge in [0.2, 0.25) is 10.0 Å². The number of nitrogens with two attached hydrogens (primary N) is 1. The third-order valence-corrected chi connectivity index (χ3v) is 5.69. The van der Waals surface area contributed by atoms with E-state index in [-0.39, 0.29) is 5.75 Å². The SMILES string of the molecule is CCOc1cccc2c1-c1ccc(CS(N)(=O)=O)cc1C(c1cccc(Cl)c1)O2. The van der Waals surface area contributed by atoms with E-state index in [2.05, 4.69) is 0 Å². The van der Waals surface area contributed by atoms with Crippen LogP contribution < -0.4 is 14.6 Å². The Morgan fingerprint density at radius 1 is 1.10 bits per heavy atom. The van der Waals surface area contributed by atoms with Crippen molar-refractivity contribution < 1.29 is 17.9 Å². The molecule has 1 aliphatic heterocycles. The molecular weight excluding hydrogens is 410 g/mol. The van der Waals surface area contributed by atoms with Crippen LogP contribution in [0.2, 0.25) is 5.02 Å². The molecule has 3 aromatic rings. The average Bonchev–Trinajstić information content (AvgIpc) is 2.66. The molecule has 0 fully saturated rings. The second-order valence-electron chi connectivity index (χ2n) is 6.84. The topological polar surface area (TPSA) is 78.6 Å². The van der Waals surface area contributed by atoms with Gasteiger partial charge in [-0.15, -0.1) is 0 Å². The van der Waals surface area contributed by atoms with Gasteiger partial charge in [-0.2, -0.15) is 0 Å². The van der Waals surface area contributed by atoms with Gasteiger partial charge in [-0.1, -0.05) is 48.0 Å². The minimum Gasteiger partial charge on any atom is -0.493 e. The minimum atomic E-state index is -3.66. The third-order valence-electron chi connectivity index (χ3n) is 4.72.